The molecule has 0 unspecified atom stereocenters. The fourth-order valence-corrected chi connectivity index (χ4v) is 2.61. The molecule has 0 atom stereocenters. The van der Waals surface area contributed by atoms with Gasteiger partial charge in [0.05, 0.1) is 6.61 Å². The summed E-state index contributed by atoms with van der Waals surface area (Å²) < 4.78 is 18.0. The average Bonchev–Trinajstić information content (AvgIpc) is 2.66. The Balaban J connectivity index is 2.22. The van der Waals surface area contributed by atoms with E-state index in [0.29, 0.717) is 18.8 Å². The Morgan fingerprint density at radius 3 is 2.60 bits per heavy atom. The summed E-state index contributed by atoms with van der Waals surface area (Å²) in [5.41, 5.74) is 10.5. The lowest BCUT2D eigenvalue weighted by atomic mass is 10.1. The lowest BCUT2D eigenvalue weighted by molar-refractivity contribution is 0.143. The Morgan fingerprint density at radius 1 is 1.23 bits per heavy atom. The van der Waals surface area contributed by atoms with Gasteiger partial charge in [-0.3, -0.25) is 4.99 Å². The number of unbranched alkanes of at least 4 members (excludes halogenated alkanes) is 3. The van der Waals surface area contributed by atoms with Gasteiger partial charge in [0.25, 0.3) is 0 Å². The number of aliphatic imine (C=N–C) groups is 2. The van der Waals surface area contributed by atoms with Crippen molar-refractivity contribution in [2.45, 2.75) is 59.9 Å². The molecule has 3 N–H and O–H groups in total. The number of allylic oxidation sites excluding steroid dienone is 1. The number of carbonyl (C=O) groups is 1. The molecule has 0 spiro atoms. The van der Waals surface area contributed by atoms with Crippen molar-refractivity contribution < 1.29 is 13.9 Å². The van der Waals surface area contributed by atoms with E-state index in [9.17, 15) is 9.18 Å². The monoisotopic (exact) mass is 416 g/mol. The highest BCUT2D eigenvalue weighted by Gasteiger charge is 2.04. The molecule has 0 aromatic heterocycles. The molecule has 0 saturated heterocycles. The van der Waals surface area contributed by atoms with Crippen LogP contribution in [0.5, 0.6) is 0 Å². The number of nitrogens with two attached hydrogens (primary N) is 1. The molecule has 0 heterocycles. The first-order valence-corrected chi connectivity index (χ1v) is 10.1. The van der Waals surface area contributed by atoms with Crippen LogP contribution in [0.15, 0.2) is 52.0 Å². The van der Waals surface area contributed by atoms with Crippen LogP contribution in [0, 0.1) is 13.8 Å². The maximum absolute atomic E-state index is 12.8. The molecule has 1 amide bonds. The molecule has 0 fully saturated rings. The molecule has 1 aromatic carbocycles. The summed E-state index contributed by atoms with van der Waals surface area (Å²) in [5, 5.41) is 2.76. The molecule has 0 aliphatic carbocycles. The Labute approximate surface area is 178 Å². The number of nitrogens with zero attached hydrogens (tertiary/aromatic N) is 2. The topological polar surface area (TPSA) is 89.1 Å². The summed E-state index contributed by atoms with van der Waals surface area (Å²) in [5.74, 6) is -0.835. The molecule has 6 nitrogen and oxygen atoms in total. The number of amidine groups is 1. The third-order valence-corrected chi connectivity index (χ3v) is 4.40. The fourth-order valence-electron chi connectivity index (χ4n) is 2.61. The predicted octanol–water partition coefficient (Wildman–Crippen LogP) is 5.25. The lowest BCUT2D eigenvalue weighted by Crippen LogP contribution is -2.24. The van der Waals surface area contributed by atoms with E-state index < -0.39 is 12.0 Å². The van der Waals surface area contributed by atoms with Crippen LogP contribution in [0.25, 0.3) is 0 Å². The second kappa shape index (κ2) is 13.3. The van der Waals surface area contributed by atoms with E-state index in [-0.39, 0.29) is 5.84 Å². The minimum atomic E-state index is -0.848. The van der Waals surface area contributed by atoms with Crippen molar-refractivity contribution in [2.24, 2.45) is 15.7 Å². The van der Waals surface area contributed by atoms with Gasteiger partial charge in [0.2, 0.25) is 5.95 Å². The SMILES string of the molecule is C=C(F)N=C(N)C(N=CCCCCCOC(=O)NCc1ccc(C)c(C)c1)=C(C)C. The zero-order valence-corrected chi connectivity index (χ0v) is 18.4. The molecule has 1 aromatic rings. The summed E-state index contributed by atoms with van der Waals surface area (Å²) in [7, 11) is 0. The third kappa shape index (κ3) is 10.0. The number of rotatable bonds is 11. The minimum absolute atomic E-state index is 0.0129. The van der Waals surface area contributed by atoms with E-state index in [0.717, 1.165) is 36.8 Å². The van der Waals surface area contributed by atoms with Gasteiger partial charge in [0.15, 0.2) is 5.84 Å². The largest absolute Gasteiger partial charge is 0.450 e. The average molecular weight is 417 g/mol. The highest BCUT2D eigenvalue weighted by atomic mass is 19.1. The summed E-state index contributed by atoms with van der Waals surface area (Å²) >= 11 is 0. The Hall–Kier alpha value is -2.96. The van der Waals surface area contributed by atoms with E-state index in [2.05, 4.69) is 34.9 Å². The number of aryl methyl sites for hydroxylation is 2. The molecule has 0 saturated carbocycles. The number of nitrogens with one attached hydrogen (secondary N) is 1. The zero-order valence-electron chi connectivity index (χ0n) is 18.4. The van der Waals surface area contributed by atoms with Crippen LogP contribution in [0.4, 0.5) is 9.18 Å². The number of hydrogen-bond acceptors (Lipinski definition) is 4. The standard InChI is InChI=1S/C23H33FN4O2/c1-16(2)21(22(25)28-19(5)24)26-12-8-6-7-9-13-30-23(29)27-15-20-11-10-17(3)18(4)14-20/h10-12,14H,5-9,13,15H2,1-4H3,(H2,25,28)(H,27,29). The molecule has 164 valence electrons. The summed E-state index contributed by atoms with van der Waals surface area (Å²) in [4.78, 5) is 19.6. The van der Waals surface area contributed by atoms with E-state index in [1.54, 1.807) is 6.21 Å². The number of amides is 1. The van der Waals surface area contributed by atoms with Gasteiger partial charge in [-0.15, -0.1) is 0 Å². The zero-order chi connectivity index (χ0) is 22.5. The predicted molar refractivity (Wildman–Crippen MR) is 121 cm³/mol. The van der Waals surface area contributed by atoms with Gasteiger partial charge in [-0.2, -0.15) is 4.39 Å². The molecular weight excluding hydrogens is 383 g/mol. The second-order valence-electron chi connectivity index (χ2n) is 7.29. The number of ether oxygens (including phenoxy) is 1. The Kier molecular flexibility index (Phi) is 11.1. The number of halogens is 1. The maximum Gasteiger partial charge on any atom is 0.407 e. The van der Waals surface area contributed by atoms with Crippen molar-refractivity contribution in [2.75, 3.05) is 6.61 Å². The van der Waals surface area contributed by atoms with Crippen LogP contribution >= 0.6 is 0 Å². The van der Waals surface area contributed by atoms with Gasteiger partial charge < -0.3 is 15.8 Å². The van der Waals surface area contributed by atoms with Gasteiger partial charge in [0.1, 0.15) is 5.70 Å². The molecule has 0 radical (unpaired) electrons. The molecule has 0 aliphatic rings. The Bertz CT molecular complexity index is 824. The van der Waals surface area contributed by atoms with Crippen LogP contribution in [-0.4, -0.2) is 24.8 Å². The number of alkyl carbamates (subject to hydrolysis) is 1. The van der Waals surface area contributed by atoms with Crippen molar-refractivity contribution in [3.05, 3.63) is 58.7 Å². The van der Waals surface area contributed by atoms with Crippen LogP contribution in [0.2, 0.25) is 0 Å². The minimum Gasteiger partial charge on any atom is -0.450 e. The van der Waals surface area contributed by atoms with Crippen molar-refractivity contribution in [3.8, 4) is 0 Å². The smallest absolute Gasteiger partial charge is 0.407 e. The first-order valence-electron chi connectivity index (χ1n) is 10.1. The summed E-state index contributed by atoms with van der Waals surface area (Å²) in [6, 6.07) is 6.10. The fraction of sp³-hybridized carbons (Fsp3) is 0.435. The molecule has 7 heteroatoms. The number of benzene rings is 1. The van der Waals surface area contributed by atoms with E-state index in [1.807, 2.05) is 32.9 Å². The van der Waals surface area contributed by atoms with Crippen LogP contribution in [0.3, 0.4) is 0 Å². The van der Waals surface area contributed by atoms with Crippen LogP contribution in [0.1, 0.15) is 56.2 Å². The van der Waals surface area contributed by atoms with E-state index in [4.69, 9.17) is 10.5 Å². The number of hydrogen-bond donors (Lipinski definition) is 2. The molecule has 0 bridgehead atoms. The highest BCUT2D eigenvalue weighted by molar-refractivity contribution is 5.98. The molecule has 1 rings (SSSR count). The normalized spacial score (nSPS) is 11.4. The van der Waals surface area contributed by atoms with Crippen molar-refractivity contribution in [1.82, 2.24) is 5.32 Å². The van der Waals surface area contributed by atoms with Gasteiger partial charge in [0, 0.05) is 12.8 Å². The highest BCUT2D eigenvalue weighted by Crippen LogP contribution is 2.10. The van der Waals surface area contributed by atoms with E-state index >= 15 is 0 Å². The summed E-state index contributed by atoms with van der Waals surface area (Å²) in [6.07, 6.45) is 4.62. The summed E-state index contributed by atoms with van der Waals surface area (Å²) in [6.45, 7) is 11.7. The Morgan fingerprint density at radius 2 is 1.97 bits per heavy atom. The lowest BCUT2D eigenvalue weighted by Gasteiger charge is -2.08. The molecule has 0 aliphatic heterocycles. The first-order chi connectivity index (χ1) is 14.2. The molecular formula is C23H33FN4O2. The van der Waals surface area contributed by atoms with Crippen LogP contribution < -0.4 is 11.1 Å². The van der Waals surface area contributed by atoms with Gasteiger partial charge >= 0.3 is 6.09 Å². The van der Waals surface area contributed by atoms with Crippen molar-refractivity contribution in [3.63, 3.8) is 0 Å². The van der Waals surface area contributed by atoms with Crippen molar-refractivity contribution in [1.29, 1.82) is 0 Å². The third-order valence-electron chi connectivity index (χ3n) is 4.40. The first kappa shape index (κ1) is 25.1. The maximum atomic E-state index is 12.8. The van der Waals surface area contributed by atoms with Gasteiger partial charge in [-0.25, -0.2) is 9.79 Å². The van der Waals surface area contributed by atoms with Crippen LogP contribution in [-0.2, 0) is 11.3 Å². The quantitative estimate of drug-likeness (QED) is 0.223. The van der Waals surface area contributed by atoms with Gasteiger partial charge in [-0.05, 0) is 82.2 Å². The molecule has 30 heavy (non-hydrogen) atoms. The van der Waals surface area contributed by atoms with E-state index in [1.165, 1.54) is 11.1 Å². The second-order valence-corrected chi connectivity index (χ2v) is 7.29. The van der Waals surface area contributed by atoms with Crippen molar-refractivity contribution >= 4 is 18.1 Å². The number of carbonyl (C=O) groups excluding carboxylic acids is 1. The van der Waals surface area contributed by atoms with Gasteiger partial charge in [-0.1, -0.05) is 18.2 Å².